The number of nitrogens with zero attached hydrogens (tertiary/aromatic N) is 2. The standard InChI is InChI=1S/C34H38N4O4/c1-22-8-4-11-27-23(2)32(37(3)31(22)27)34(42)38-18-6-12-30(40)35-17-15-24-13-14-29(39)28(20-24)25-9-5-10-26(21-25)33(41)36-16-7-19-38/h4-5,8-11,13-14,20-21,39H,6-7,12,15-19H2,1-3H3,(H,35,40)(H,36,41). The minimum Gasteiger partial charge on any atom is -0.507 e. The molecule has 0 radical (unpaired) electrons. The van der Waals surface area contributed by atoms with Crippen LogP contribution in [0.2, 0.25) is 0 Å². The van der Waals surface area contributed by atoms with Crippen molar-refractivity contribution < 1.29 is 19.5 Å². The molecule has 3 aromatic carbocycles. The van der Waals surface area contributed by atoms with E-state index in [1.54, 1.807) is 29.2 Å². The molecule has 4 bridgehead atoms. The first kappa shape index (κ1) is 28.9. The molecule has 0 unspecified atom stereocenters. The Kier molecular flexibility index (Phi) is 8.61. The van der Waals surface area contributed by atoms with Crippen LogP contribution in [0.1, 0.15) is 56.8 Å². The van der Waals surface area contributed by atoms with Crippen LogP contribution in [0, 0.1) is 13.8 Å². The van der Waals surface area contributed by atoms with Crippen LogP contribution in [0.4, 0.5) is 0 Å². The number of amides is 3. The Hall–Kier alpha value is -4.59. The molecule has 1 aliphatic heterocycles. The molecule has 5 rings (SSSR count). The smallest absolute Gasteiger partial charge is 0.270 e. The quantitative estimate of drug-likeness (QED) is 0.306. The predicted octanol–water partition coefficient (Wildman–Crippen LogP) is 4.88. The van der Waals surface area contributed by atoms with Gasteiger partial charge in [-0.1, -0.05) is 36.4 Å². The van der Waals surface area contributed by atoms with E-state index in [0.29, 0.717) is 68.7 Å². The van der Waals surface area contributed by atoms with Gasteiger partial charge >= 0.3 is 0 Å². The number of aromatic hydroxyl groups is 1. The van der Waals surface area contributed by atoms with Crippen molar-refractivity contribution in [2.75, 3.05) is 26.2 Å². The Balaban J connectivity index is 1.39. The summed E-state index contributed by atoms with van der Waals surface area (Å²) in [5.74, 6) is -0.212. The molecule has 1 aromatic heterocycles. The Morgan fingerprint density at radius 1 is 0.857 bits per heavy atom. The number of hydrogen-bond donors (Lipinski definition) is 3. The van der Waals surface area contributed by atoms with E-state index in [0.717, 1.165) is 33.2 Å². The predicted molar refractivity (Wildman–Crippen MR) is 165 cm³/mol. The molecule has 8 nitrogen and oxygen atoms in total. The monoisotopic (exact) mass is 566 g/mol. The lowest BCUT2D eigenvalue weighted by Gasteiger charge is -2.24. The molecule has 0 saturated carbocycles. The van der Waals surface area contributed by atoms with Gasteiger partial charge in [0.05, 0.1) is 5.52 Å². The number of hydrogen-bond acceptors (Lipinski definition) is 4. The lowest BCUT2D eigenvalue weighted by molar-refractivity contribution is -0.121. The van der Waals surface area contributed by atoms with E-state index in [1.807, 2.05) is 61.9 Å². The van der Waals surface area contributed by atoms with Crippen molar-refractivity contribution >= 4 is 28.6 Å². The number of phenolic OH excluding ortho intramolecular Hbond substituents is 1. The van der Waals surface area contributed by atoms with Crippen molar-refractivity contribution in [2.45, 2.75) is 39.5 Å². The Morgan fingerprint density at radius 2 is 1.62 bits per heavy atom. The van der Waals surface area contributed by atoms with Gasteiger partial charge in [0, 0.05) is 56.2 Å². The summed E-state index contributed by atoms with van der Waals surface area (Å²) >= 11 is 0. The molecular weight excluding hydrogens is 528 g/mol. The van der Waals surface area contributed by atoms with E-state index in [1.165, 1.54) is 0 Å². The topological polar surface area (TPSA) is 104 Å². The van der Waals surface area contributed by atoms with Crippen LogP contribution < -0.4 is 10.6 Å². The van der Waals surface area contributed by atoms with Gasteiger partial charge in [0.15, 0.2) is 0 Å². The fraction of sp³-hybridized carbons (Fsp3) is 0.324. The van der Waals surface area contributed by atoms with E-state index >= 15 is 0 Å². The molecule has 42 heavy (non-hydrogen) atoms. The van der Waals surface area contributed by atoms with E-state index in [2.05, 4.69) is 10.6 Å². The van der Waals surface area contributed by atoms with Gasteiger partial charge in [0.2, 0.25) is 5.91 Å². The van der Waals surface area contributed by atoms with Crippen LogP contribution in [0.5, 0.6) is 5.75 Å². The first-order chi connectivity index (χ1) is 20.2. The number of benzene rings is 3. The van der Waals surface area contributed by atoms with Crippen molar-refractivity contribution in [1.82, 2.24) is 20.1 Å². The van der Waals surface area contributed by atoms with E-state index < -0.39 is 0 Å². The van der Waals surface area contributed by atoms with Crippen LogP contribution in [0.15, 0.2) is 60.7 Å². The Bertz CT molecular complexity index is 1660. The molecule has 0 saturated heterocycles. The second kappa shape index (κ2) is 12.5. The van der Waals surface area contributed by atoms with Crippen LogP contribution in [0.3, 0.4) is 0 Å². The van der Waals surface area contributed by atoms with Crippen molar-refractivity contribution in [3.63, 3.8) is 0 Å². The van der Waals surface area contributed by atoms with Gasteiger partial charge in [-0.2, -0.15) is 0 Å². The van der Waals surface area contributed by atoms with Crippen molar-refractivity contribution in [3.8, 4) is 16.9 Å². The third-order valence-corrected chi connectivity index (χ3v) is 8.11. The first-order valence-electron chi connectivity index (χ1n) is 14.6. The summed E-state index contributed by atoms with van der Waals surface area (Å²) in [6.07, 6.45) is 2.00. The summed E-state index contributed by atoms with van der Waals surface area (Å²) in [7, 11) is 1.93. The summed E-state index contributed by atoms with van der Waals surface area (Å²) in [6.45, 7) is 5.76. The molecule has 8 heteroatoms. The number of aromatic nitrogens is 1. The number of phenols is 1. The van der Waals surface area contributed by atoms with E-state index in [4.69, 9.17) is 0 Å². The summed E-state index contributed by atoms with van der Waals surface area (Å²) < 4.78 is 1.98. The Morgan fingerprint density at radius 3 is 2.43 bits per heavy atom. The van der Waals surface area contributed by atoms with Crippen LogP contribution >= 0.6 is 0 Å². The van der Waals surface area contributed by atoms with E-state index in [9.17, 15) is 19.5 Å². The van der Waals surface area contributed by atoms with Gasteiger partial charge in [-0.3, -0.25) is 14.4 Å². The SMILES string of the molecule is Cc1c(C(=O)N2CCCNC(=O)c3cccc(c3)-c3cc(ccc3O)CCNC(=O)CCC2)n(C)c2c(C)cccc12. The zero-order valence-corrected chi connectivity index (χ0v) is 24.5. The molecule has 0 aliphatic carbocycles. The van der Waals surface area contributed by atoms with Crippen molar-refractivity contribution in [2.24, 2.45) is 7.05 Å². The molecule has 3 N–H and O–H groups in total. The number of carbonyl (C=O) groups is 3. The van der Waals surface area contributed by atoms with Gasteiger partial charge in [-0.05, 0) is 79.6 Å². The van der Waals surface area contributed by atoms with Gasteiger partial charge in [-0.25, -0.2) is 0 Å². The zero-order valence-electron chi connectivity index (χ0n) is 24.5. The highest BCUT2D eigenvalue weighted by atomic mass is 16.3. The van der Waals surface area contributed by atoms with Crippen molar-refractivity contribution in [3.05, 3.63) is 88.6 Å². The fourth-order valence-electron chi connectivity index (χ4n) is 5.90. The molecule has 1 aliphatic rings. The van der Waals surface area contributed by atoms with Gasteiger partial charge in [0.1, 0.15) is 11.4 Å². The summed E-state index contributed by atoms with van der Waals surface area (Å²) in [6, 6.07) is 18.7. The maximum atomic E-state index is 14.0. The highest BCUT2D eigenvalue weighted by Crippen LogP contribution is 2.31. The first-order valence-corrected chi connectivity index (χ1v) is 14.6. The van der Waals surface area contributed by atoms with Crippen LogP contribution in [-0.4, -0.2) is 58.5 Å². The largest absolute Gasteiger partial charge is 0.507 e. The highest BCUT2D eigenvalue weighted by molar-refractivity contribution is 6.02. The number of carbonyl (C=O) groups excluding carboxylic acids is 3. The Labute approximate surface area is 246 Å². The maximum absolute atomic E-state index is 14.0. The summed E-state index contributed by atoms with van der Waals surface area (Å²) in [5.41, 5.74) is 6.58. The van der Waals surface area contributed by atoms with Crippen molar-refractivity contribution in [1.29, 1.82) is 0 Å². The number of aryl methyl sites for hydroxylation is 3. The lowest BCUT2D eigenvalue weighted by Crippen LogP contribution is -2.37. The van der Waals surface area contributed by atoms with Gasteiger partial charge in [-0.15, -0.1) is 0 Å². The molecular formula is C34H38N4O4. The molecule has 3 amide bonds. The molecule has 0 atom stereocenters. The molecule has 218 valence electrons. The molecule has 0 spiro atoms. The third-order valence-electron chi connectivity index (χ3n) is 8.11. The average Bonchev–Trinajstić information content (AvgIpc) is 3.24. The number of rotatable bonds is 1. The zero-order chi connectivity index (χ0) is 29.8. The fourth-order valence-corrected chi connectivity index (χ4v) is 5.90. The average molecular weight is 567 g/mol. The summed E-state index contributed by atoms with van der Waals surface area (Å²) in [4.78, 5) is 41.4. The second-order valence-electron chi connectivity index (χ2n) is 11.0. The van der Waals surface area contributed by atoms with Gasteiger partial charge < -0.3 is 25.2 Å². The van der Waals surface area contributed by atoms with Gasteiger partial charge in [0.25, 0.3) is 11.8 Å². The minimum absolute atomic E-state index is 0.0595. The number of fused-ring (bicyclic) bond motifs is 6. The highest BCUT2D eigenvalue weighted by Gasteiger charge is 2.24. The van der Waals surface area contributed by atoms with Crippen LogP contribution in [0.25, 0.3) is 22.0 Å². The minimum atomic E-state index is -0.210. The van der Waals surface area contributed by atoms with Crippen LogP contribution in [-0.2, 0) is 18.3 Å². The molecule has 4 aromatic rings. The second-order valence-corrected chi connectivity index (χ2v) is 11.0. The molecule has 0 fully saturated rings. The summed E-state index contributed by atoms with van der Waals surface area (Å²) in [5, 5.41) is 17.5. The number of para-hydroxylation sites is 1. The normalized spacial score (nSPS) is 15.4. The third kappa shape index (κ3) is 6.03. The maximum Gasteiger partial charge on any atom is 0.270 e. The lowest BCUT2D eigenvalue weighted by atomic mass is 9.98. The molecule has 2 heterocycles. The number of nitrogens with one attached hydrogen (secondary N) is 2. The van der Waals surface area contributed by atoms with E-state index in [-0.39, 0.29) is 23.5 Å².